The molecule has 1 unspecified atom stereocenters. The monoisotopic (exact) mass is 140 g/mol. The standard InChI is InChI=1S/C8H14NO/c1-2-6-9-8-5-3-4-7-10-8/h2,8H,1,3-7H2. The molecule has 1 saturated heterocycles. The zero-order valence-corrected chi connectivity index (χ0v) is 6.25. The van der Waals surface area contributed by atoms with E-state index < -0.39 is 0 Å². The minimum absolute atomic E-state index is 0.159. The lowest BCUT2D eigenvalue weighted by Crippen LogP contribution is -2.29. The molecule has 1 radical (unpaired) electrons. The van der Waals surface area contributed by atoms with Crippen molar-refractivity contribution in [1.82, 2.24) is 5.32 Å². The summed E-state index contributed by atoms with van der Waals surface area (Å²) >= 11 is 0. The molecule has 57 valence electrons. The third kappa shape index (κ3) is 2.50. The van der Waals surface area contributed by atoms with Gasteiger partial charge in [-0.3, -0.25) is 0 Å². The van der Waals surface area contributed by atoms with E-state index in [2.05, 4.69) is 11.9 Å². The van der Waals surface area contributed by atoms with Crippen LogP contribution in [0.5, 0.6) is 0 Å². The number of rotatable bonds is 3. The van der Waals surface area contributed by atoms with E-state index in [1.165, 1.54) is 12.8 Å². The van der Waals surface area contributed by atoms with Gasteiger partial charge < -0.3 is 4.74 Å². The van der Waals surface area contributed by atoms with Gasteiger partial charge in [0.05, 0.1) is 0 Å². The minimum atomic E-state index is 0.159. The molecule has 1 aliphatic heterocycles. The van der Waals surface area contributed by atoms with Crippen molar-refractivity contribution in [2.24, 2.45) is 0 Å². The lowest BCUT2D eigenvalue weighted by atomic mass is 10.2. The predicted octanol–water partition coefficient (Wildman–Crippen LogP) is 1.30. The lowest BCUT2D eigenvalue weighted by molar-refractivity contribution is -0.00534. The Morgan fingerprint density at radius 1 is 1.60 bits per heavy atom. The van der Waals surface area contributed by atoms with Crippen molar-refractivity contribution in [3.05, 3.63) is 12.7 Å². The second-order valence-electron chi connectivity index (χ2n) is 2.48. The van der Waals surface area contributed by atoms with Crippen LogP contribution in [0.25, 0.3) is 0 Å². The lowest BCUT2D eigenvalue weighted by Gasteiger charge is -2.21. The molecule has 1 aliphatic rings. The quantitative estimate of drug-likeness (QED) is 0.542. The summed E-state index contributed by atoms with van der Waals surface area (Å²) in [6.07, 6.45) is 5.50. The van der Waals surface area contributed by atoms with E-state index in [0.29, 0.717) is 0 Å². The van der Waals surface area contributed by atoms with Crippen LogP contribution in [0.1, 0.15) is 19.3 Å². The summed E-state index contributed by atoms with van der Waals surface area (Å²) in [4.78, 5) is 0. The molecule has 1 fully saturated rings. The summed E-state index contributed by atoms with van der Waals surface area (Å²) in [5, 5.41) is 4.26. The van der Waals surface area contributed by atoms with Crippen LogP contribution in [0, 0.1) is 0 Å². The molecule has 0 saturated carbocycles. The fraction of sp³-hybridized carbons (Fsp3) is 0.750. The maximum absolute atomic E-state index is 5.37. The zero-order valence-electron chi connectivity index (χ0n) is 6.25. The van der Waals surface area contributed by atoms with Gasteiger partial charge in [-0.1, -0.05) is 6.08 Å². The highest BCUT2D eigenvalue weighted by atomic mass is 16.5. The molecule has 2 heteroatoms. The third-order valence-electron chi connectivity index (χ3n) is 1.59. The maximum Gasteiger partial charge on any atom is 0.123 e. The van der Waals surface area contributed by atoms with Gasteiger partial charge in [-0.25, -0.2) is 5.32 Å². The number of nitrogens with zero attached hydrogens (tertiary/aromatic N) is 1. The summed E-state index contributed by atoms with van der Waals surface area (Å²) in [7, 11) is 0. The second-order valence-corrected chi connectivity index (χ2v) is 2.48. The zero-order chi connectivity index (χ0) is 7.23. The average molecular weight is 140 g/mol. The Labute approximate surface area is 62.3 Å². The Balaban J connectivity index is 2.07. The van der Waals surface area contributed by atoms with E-state index >= 15 is 0 Å². The second kappa shape index (κ2) is 4.47. The summed E-state index contributed by atoms with van der Waals surface area (Å²) < 4.78 is 5.37. The van der Waals surface area contributed by atoms with Gasteiger partial charge in [0.1, 0.15) is 6.23 Å². The Kier molecular flexibility index (Phi) is 3.47. The topological polar surface area (TPSA) is 23.3 Å². The van der Waals surface area contributed by atoms with Crippen molar-refractivity contribution in [3.8, 4) is 0 Å². The number of ether oxygens (including phenoxy) is 1. The smallest absolute Gasteiger partial charge is 0.123 e. The van der Waals surface area contributed by atoms with Crippen molar-refractivity contribution >= 4 is 0 Å². The highest BCUT2D eigenvalue weighted by Crippen LogP contribution is 2.10. The molecule has 0 amide bonds. The predicted molar refractivity (Wildman–Crippen MR) is 40.8 cm³/mol. The molecular weight excluding hydrogens is 126 g/mol. The Morgan fingerprint density at radius 2 is 2.50 bits per heavy atom. The molecule has 0 bridgehead atoms. The SMILES string of the molecule is C=CC[N]C1CCCCO1. The molecule has 1 rings (SSSR count). The number of hydrogen-bond donors (Lipinski definition) is 0. The first-order chi connectivity index (χ1) is 4.93. The molecule has 0 aromatic carbocycles. The highest BCUT2D eigenvalue weighted by Gasteiger charge is 2.12. The Hall–Kier alpha value is -0.340. The van der Waals surface area contributed by atoms with Gasteiger partial charge in [0.2, 0.25) is 0 Å². The molecule has 10 heavy (non-hydrogen) atoms. The first-order valence-corrected chi connectivity index (χ1v) is 3.82. The van der Waals surface area contributed by atoms with Crippen LogP contribution >= 0.6 is 0 Å². The summed E-state index contributed by atoms with van der Waals surface area (Å²) in [6.45, 7) is 5.20. The molecule has 1 atom stereocenters. The Morgan fingerprint density at radius 3 is 3.10 bits per heavy atom. The van der Waals surface area contributed by atoms with Crippen molar-refractivity contribution in [2.75, 3.05) is 13.2 Å². The number of hydrogen-bond acceptors (Lipinski definition) is 1. The van der Waals surface area contributed by atoms with Gasteiger partial charge in [0, 0.05) is 13.2 Å². The normalized spacial score (nSPS) is 26.2. The van der Waals surface area contributed by atoms with Crippen LogP contribution in [0.2, 0.25) is 0 Å². The molecule has 2 nitrogen and oxygen atoms in total. The van der Waals surface area contributed by atoms with Crippen molar-refractivity contribution in [2.45, 2.75) is 25.5 Å². The van der Waals surface area contributed by atoms with Crippen LogP contribution in [0.3, 0.4) is 0 Å². The van der Waals surface area contributed by atoms with Crippen LogP contribution in [-0.2, 0) is 4.74 Å². The molecule has 0 spiro atoms. The highest BCUT2D eigenvalue weighted by molar-refractivity contribution is 4.72. The fourth-order valence-corrected chi connectivity index (χ4v) is 1.06. The van der Waals surface area contributed by atoms with E-state index in [1.807, 2.05) is 0 Å². The summed E-state index contributed by atoms with van der Waals surface area (Å²) in [5.41, 5.74) is 0. The van der Waals surface area contributed by atoms with Gasteiger partial charge in [0.15, 0.2) is 0 Å². The maximum atomic E-state index is 5.37. The van der Waals surface area contributed by atoms with Crippen LogP contribution in [0.15, 0.2) is 12.7 Å². The van der Waals surface area contributed by atoms with E-state index in [-0.39, 0.29) is 6.23 Å². The van der Waals surface area contributed by atoms with Crippen LogP contribution < -0.4 is 5.32 Å². The van der Waals surface area contributed by atoms with Gasteiger partial charge in [-0.05, 0) is 19.3 Å². The molecule has 0 N–H and O–H groups in total. The van der Waals surface area contributed by atoms with Crippen molar-refractivity contribution in [1.29, 1.82) is 0 Å². The van der Waals surface area contributed by atoms with E-state index in [1.54, 1.807) is 6.08 Å². The third-order valence-corrected chi connectivity index (χ3v) is 1.59. The largest absolute Gasteiger partial charge is 0.362 e. The molecule has 1 heterocycles. The van der Waals surface area contributed by atoms with Gasteiger partial charge in [-0.2, -0.15) is 0 Å². The van der Waals surface area contributed by atoms with E-state index in [9.17, 15) is 0 Å². The molecular formula is C8H14NO. The fourth-order valence-electron chi connectivity index (χ4n) is 1.06. The first kappa shape index (κ1) is 7.76. The van der Waals surface area contributed by atoms with Crippen molar-refractivity contribution in [3.63, 3.8) is 0 Å². The van der Waals surface area contributed by atoms with Crippen LogP contribution in [-0.4, -0.2) is 19.4 Å². The molecule has 0 aromatic heterocycles. The summed E-state index contributed by atoms with van der Waals surface area (Å²) in [5.74, 6) is 0. The first-order valence-electron chi connectivity index (χ1n) is 3.82. The van der Waals surface area contributed by atoms with Crippen LogP contribution in [0.4, 0.5) is 0 Å². The van der Waals surface area contributed by atoms with E-state index in [4.69, 9.17) is 4.74 Å². The minimum Gasteiger partial charge on any atom is -0.362 e. The average Bonchev–Trinajstić information content (AvgIpc) is 2.03. The Bertz CT molecular complexity index is 97.4. The molecule has 0 aliphatic carbocycles. The molecule has 0 aromatic rings. The van der Waals surface area contributed by atoms with Gasteiger partial charge >= 0.3 is 0 Å². The van der Waals surface area contributed by atoms with Crippen molar-refractivity contribution < 1.29 is 4.74 Å². The van der Waals surface area contributed by atoms with Gasteiger partial charge in [0.25, 0.3) is 0 Å². The van der Waals surface area contributed by atoms with Gasteiger partial charge in [-0.15, -0.1) is 6.58 Å². The van der Waals surface area contributed by atoms with E-state index in [0.717, 1.165) is 19.6 Å². The summed E-state index contributed by atoms with van der Waals surface area (Å²) in [6, 6.07) is 0.